The van der Waals surface area contributed by atoms with Crippen LogP contribution in [-0.4, -0.2) is 29.0 Å². The van der Waals surface area contributed by atoms with E-state index >= 15 is 0 Å². The molecule has 0 saturated heterocycles. The number of phenolic OH excluding ortho intramolecular Hbond substituents is 1. The number of nitrogens with two attached hydrogens (primary N) is 1. The van der Waals surface area contributed by atoms with E-state index in [1.165, 1.54) is 30.6 Å². The highest BCUT2D eigenvalue weighted by Crippen LogP contribution is 2.23. The van der Waals surface area contributed by atoms with Crippen molar-refractivity contribution < 1.29 is 19.4 Å². The molecule has 0 spiro atoms. The van der Waals surface area contributed by atoms with Crippen molar-refractivity contribution in [3.8, 4) is 5.75 Å². The maximum absolute atomic E-state index is 11.7. The van der Waals surface area contributed by atoms with E-state index in [0.29, 0.717) is 24.5 Å². The normalized spacial score (nSPS) is 15.8. The zero-order chi connectivity index (χ0) is 24.9. The van der Waals surface area contributed by atoms with Crippen molar-refractivity contribution in [2.45, 2.75) is 65.3 Å². The maximum atomic E-state index is 11.7. The molecule has 1 aliphatic rings. The second-order valence-electron chi connectivity index (χ2n) is 8.56. The average Bonchev–Trinajstić information content (AvgIpc) is 3.30. The molecule has 0 aliphatic heterocycles. The van der Waals surface area contributed by atoms with E-state index in [4.69, 9.17) is 10.5 Å². The van der Waals surface area contributed by atoms with Crippen LogP contribution in [0.5, 0.6) is 5.75 Å². The van der Waals surface area contributed by atoms with Gasteiger partial charge < -0.3 is 20.4 Å². The van der Waals surface area contributed by atoms with Crippen molar-refractivity contribution >= 4 is 29.7 Å². The van der Waals surface area contributed by atoms with E-state index in [1.807, 2.05) is 30.5 Å². The van der Waals surface area contributed by atoms with E-state index in [-0.39, 0.29) is 17.8 Å². The topological polar surface area (TPSA) is 103 Å². The van der Waals surface area contributed by atoms with Gasteiger partial charge in [0.2, 0.25) is 0 Å². The van der Waals surface area contributed by atoms with Gasteiger partial charge in [0.1, 0.15) is 17.0 Å². The Kier molecular flexibility index (Phi) is 11.7. The SMILES string of the molecule is CCOC(=O)/C(C)=C\C(C)=C\c1csc(C(N)Cc2ccc(O)cc2)n1.O=CC1CCCCC1. The van der Waals surface area contributed by atoms with Gasteiger partial charge in [-0.25, -0.2) is 9.78 Å². The van der Waals surface area contributed by atoms with Crippen LogP contribution in [0.4, 0.5) is 0 Å². The average molecular weight is 485 g/mol. The number of aromatic nitrogens is 1. The lowest BCUT2D eigenvalue weighted by molar-refractivity contribution is -0.138. The number of hydrogen-bond acceptors (Lipinski definition) is 7. The van der Waals surface area contributed by atoms with E-state index in [0.717, 1.165) is 41.0 Å². The summed E-state index contributed by atoms with van der Waals surface area (Å²) in [5, 5.41) is 12.1. The van der Waals surface area contributed by atoms with Gasteiger partial charge >= 0.3 is 5.97 Å². The number of carbonyl (C=O) groups is 2. The first-order valence-electron chi connectivity index (χ1n) is 11.8. The lowest BCUT2D eigenvalue weighted by atomic mass is 9.91. The van der Waals surface area contributed by atoms with Gasteiger partial charge in [0.15, 0.2) is 0 Å². The van der Waals surface area contributed by atoms with Crippen LogP contribution < -0.4 is 5.73 Å². The summed E-state index contributed by atoms with van der Waals surface area (Å²) < 4.78 is 4.97. The van der Waals surface area contributed by atoms with Gasteiger partial charge in [0.05, 0.1) is 18.3 Å². The number of esters is 1. The first-order chi connectivity index (χ1) is 16.3. The monoisotopic (exact) mass is 484 g/mol. The second kappa shape index (κ2) is 14.5. The molecule has 1 unspecified atom stereocenters. The minimum absolute atomic E-state index is 0.205. The fourth-order valence-electron chi connectivity index (χ4n) is 3.70. The van der Waals surface area contributed by atoms with Gasteiger partial charge in [0.25, 0.3) is 0 Å². The number of nitrogens with zero attached hydrogens (tertiary/aromatic N) is 1. The third kappa shape index (κ3) is 9.61. The van der Waals surface area contributed by atoms with Crippen LogP contribution in [0.25, 0.3) is 6.08 Å². The molecule has 1 aromatic heterocycles. The van der Waals surface area contributed by atoms with Crippen LogP contribution in [0.15, 0.2) is 46.9 Å². The number of hydrogen-bond donors (Lipinski definition) is 2. The molecule has 1 aromatic carbocycles. The first-order valence-corrected chi connectivity index (χ1v) is 12.7. The Morgan fingerprint density at radius 1 is 1.24 bits per heavy atom. The van der Waals surface area contributed by atoms with E-state index in [1.54, 1.807) is 32.1 Å². The van der Waals surface area contributed by atoms with Crippen molar-refractivity contribution in [3.05, 3.63) is 63.1 Å². The van der Waals surface area contributed by atoms with Gasteiger partial charge in [0, 0.05) is 16.9 Å². The standard InChI is InChI=1S/C20H24N2O3S.C7H12O/c1-4-25-20(24)14(3)9-13(2)10-16-12-26-19(22-16)18(21)11-15-5-7-17(23)8-6-15;8-6-7-4-2-1-3-5-7/h5-10,12,18,23H,4,11,21H2,1-3H3;6-7H,1-5H2/b13-10+,14-9-;. The second-order valence-corrected chi connectivity index (χ2v) is 9.45. The van der Waals surface area contributed by atoms with E-state index in [9.17, 15) is 14.7 Å². The molecule has 2 aromatic rings. The molecule has 1 fully saturated rings. The Balaban J connectivity index is 0.000000430. The number of thiazole rings is 1. The molecular weight excluding hydrogens is 448 g/mol. The molecule has 3 rings (SSSR count). The van der Waals surface area contributed by atoms with Crippen LogP contribution in [0.3, 0.4) is 0 Å². The summed E-state index contributed by atoms with van der Waals surface area (Å²) in [6.45, 7) is 5.79. The molecule has 7 heteroatoms. The fourth-order valence-corrected chi connectivity index (χ4v) is 4.48. The Morgan fingerprint density at radius 3 is 2.50 bits per heavy atom. The van der Waals surface area contributed by atoms with Crippen LogP contribution in [0.2, 0.25) is 0 Å². The summed E-state index contributed by atoms with van der Waals surface area (Å²) in [4.78, 5) is 26.4. The number of aldehydes is 1. The molecular formula is C27H36N2O4S. The van der Waals surface area contributed by atoms with Crippen LogP contribution in [0.1, 0.15) is 75.2 Å². The molecule has 1 atom stereocenters. The quantitative estimate of drug-likeness (QED) is 0.213. The molecule has 3 N–H and O–H groups in total. The van der Waals surface area contributed by atoms with Gasteiger partial charge in [-0.3, -0.25) is 0 Å². The highest BCUT2D eigenvalue weighted by Gasteiger charge is 2.12. The number of benzene rings is 1. The predicted octanol–water partition coefficient (Wildman–Crippen LogP) is 5.77. The molecule has 1 saturated carbocycles. The molecule has 184 valence electrons. The highest BCUT2D eigenvalue weighted by atomic mass is 32.1. The van der Waals surface area contributed by atoms with Crippen molar-refractivity contribution in [1.82, 2.24) is 4.98 Å². The van der Waals surface area contributed by atoms with Crippen LogP contribution >= 0.6 is 11.3 Å². The number of rotatable bonds is 8. The summed E-state index contributed by atoms with van der Waals surface area (Å²) >= 11 is 1.51. The third-order valence-corrected chi connectivity index (χ3v) is 6.50. The fraction of sp³-hybridized carbons (Fsp3) is 0.444. The molecule has 1 aliphatic carbocycles. The number of phenols is 1. The van der Waals surface area contributed by atoms with Crippen molar-refractivity contribution in [2.75, 3.05) is 6.61 Å². The largest absolute Gasteiger partial charge is 0.508 e. The minimum Gasteiger partial charge on any atom is -0.508 e. The Labute approximate surface area is 206 Å². The smallest absolute Gasteiger partial charge is 0.333 e. The lowest BCUT2D eigenvalue weighted by Gasteiger charge is -2.14. The summed E-state index contributed by atoms with van der Waals surface area (Å²) in [6, 6.07) is 6.82. The van der Waals surface area contributed by atoms with Crippen LogP contribution in [-0.2, 0) is 20.7 Å². The number of ether oxygens (including phenoxy) is 1. The van der Waals surface area contributed by atoms with Crippen molar-refractivity contribution in [1.29, 1.82) is 0 Å². The Morgan fingerprint density at radius 2 is 1.91 bits per heavy atom. The molecule has 0 amide bonds. The molecule has 0 bridgehead atoms. The zero-order valence-corrected chi connectivity index (χ0v) is 21.1. The maximum Gasteiger partial charge on any atom is 0.333 e. The van der Waals surface area contributed by atoms with Crippen molar-refractivity contribution in [3.63, 3.8) is 0 Å². The molecule has 1 heterocycles. The summed E-state index contributed by atoms with van der Waals surface area (Å²) in [6.07, 6.45) is 11.6. The third-order valence-electron chi connectivity index (χ3n) is 5.51. The summed E-state index contributed by atoms with van der Waals surface area (Å²) in [5.74, 6) is 0.338. The van der Waals surface area contributed by atoms with Gasteiger partial charge in [-0.2, -0.15) is 0 Å². The Hall–Kier alpha value is -2.77. The number of allylic oxidation sites excluding steroid dienone is 2. The van der Waals surface area contributed by atoms with E-state index in [2.05, 4.69) is 4.98 Å². The van der Waals surface area contributed by atoms with Gasteiger partial charge in [-0.05, 0) is 75.5 Å². The molecule has 0 radical (unpaired) electrons. The summed E-state index contributed by atoms with van der Waals surface area (Å²) in [7, 11) is 0. The van der Waals surface area contributed by atoms with Crippen molar-refractivity contribution in [2.24, 2.45) is 11.7 Å². The first kappa shape index (κ1) is 27.5. The molecule has 6 nitrogen and oxygen atoms in total. The minimum atomic E-state index is -0.310. The lowest BCUT2D eigenvalue weighted by Crippen LogP contribution is -2.13. The molecule has 34 heavy (non-hydrogen) atoms. The number of carbonyl (C=O) groups excluding carboxylic acids is 2. The van der Waals surface area contributed by atoms with Gasteiger partial charge in [-0.1, -0.05) is 31.4 Å². The highest BCUT2D eigenvalue weighted by molar-refractivity contribution is 7.09. The zero-order valence-electron chi connectivity index (χ0n) is 20.3. The van der Waals surface area contributed by atoms with E-state index < -0.39 is 0 Å². The predicted molar refractivity (Wildman–Crippen MR) is 138 cm³/mol. The summed E-state index contributed by atoms with van der Waals surface area (Å²) in [5.41, 5.74) is 9.59. The Bertz CT molecular complexity index is 973. The number of aromatic hydroxyl groups is 1. The van der Waals surface area contributed by atoms with Gasteiger partial charge in [-0.15, -0.1) is 11.3 Å². The van der Waals surface area contributed by atoms with Crippen LogP contribution in [0, 0.1) is 5.92 Å².